The third-order valence-electron chi connectivity index (χ3n) is 3.49. The van der Waals surface area contributed by atoms with E-state index in [0.29, 0.717) is 18.2 Å². The zero-order valence-electron chi connectivity index (χ0n) is 10.2. The van der Waals surface area contributed by atoms with Gasteiger partial charge in [-0.1, -0.05) is 18.0 Å². The average Bonchev–Trinajstić information content (AvgIpc) is 3.11. The molecule has 1 saturated carbocycles. The Morgan fingerprint density at radius 1 is 1.44 bits per heavy atom. The second-order valence-corrected chi connectivity index (χ2v) is 4.86. The molecule has 3 N–H and O–H groups in total. The quantitative estimate of drug-likeness (QED) is 0.857. The lowest BCUT2D eigenvalue weighted by molar-refractivity contribution is 0.347. The van der Waals surface area contributed by atoms with E-state index < -0.39 is 0 Å². The van der Waals surface area contributed by atoms with Gasteiger partial charge in [-0.3, -0.25) is 0 Å². The molecule has 6 heteroatoms. The number of hydrogen-bond donors (Lipinski definition) is 2. The molecule has 0 saturated heterocycles. The monoisotopic (exact) mass is 247 g/mol. The van der Waals surface area contributed by atoms with Crippen molar-refractivity contribution in [2.45, 2.75) is 44.1 Å². The Morgan fingerprint density at radius 2 is 2.28 bits per heavy atom. The summed E-state index contributed by atoms with van der Waals surface area (Å²) in [4.78, 5) is 11.4. The second kappa shape index (κ2) is 4.89. The number of nitrogens with two attached hydrogens (primary N) is 1. The largest absolute Gasteiger partial charge is 0.348 e. The number of nitrogens with one attached hydrogen (secondary N) is 1. The molecule has 0 spiro atoms. The Kier molecular flexibility index (Phi) is 3.10. The first-order chi connectivity index (χ1) is 8.83. The third-order valence-corrected chi connectivity index (χ3v) is 3.49. The molecule has 0 aliphatic heterocycles. The van der Waals surface area contributed by atoms with E-state index in [1.165, 1.54) is 12.8 Å². The number of nitrogens with zero attached hydrogens (tertiary/aromatic N) is 3. The molecule has 1 fully saturated rings. The Morgan fingerprint density at radius 3 is 3.00 bits per heavy atom. The van der Waals surface area contributed by atoms with Crippen LogP contribution in [0.5, 0.6) is 0 Å². The van der Waals surface area contributed by atoms with E-state index in [1.54, 1.807) is 12.5 Å². The number of rotatable bonds is 4. The van der Waals surface area contributed by atoms with Gasteiger partial charge in [0, 0.05) is 24.2 Å². The first-order valence-electron chi connectivity index (χ1n) is 6.39. The van der Waals surface area contributed by atoms with Gasteiger partial charge in [0.05, 0.1) is 12.4 Å². The van der Waals surface area contributed by atoms with E-state index in [9.17, 15) is 0 Å². The molecule has 3 rings (SSSR count). The van der Waals surface area contributed by atoms with Crippen LogP contribution in [0.4, 0.5) is 0 Å². The number of aromatic nitrogens is 4. The van der Waals surface area contributed by atoms with Gasteiger partial charge in [0.25, 0.3) is 0 Å². The molecule has 1 aliphatic rings. The molecule has 1 aliphatic carbocycles. The van der Waals surface area contributed by atoms with Gasteiger partial charge < -0.3 is 15.2 Å². The maximum Gasteiger partial charge on any atom is 0.243 e. The first-order valence-corrected chi connectivity index (χ1v) is 6.39. The standard InChI is InChI=1S/C12H17N5O/c13-10(5-9-6-14-7-15-9)12-16-11(17-18-12)8-3-1-2-4-8/h6-8,10H,1-5,13H2,(H,14,15). The van der Waals surface area contributed by atoms with Crippen molar-refractivity contribution < 1.29 is 4.52 Å². The average molecular weight is 247 g/mol. The number of aromatic amines is 1. The molecule has 0 radical (unpaired) electrons. The van der Waals surface area contributed by atoms with Crippen LogP contribution in [0.25, 0.3) is 0 Å². The SMILES string of the molecule is NC(Cc1cnc[nH]1)c1nc(C2CCCC2)no1. The van der Waals surface area contributed by atoms with Crippen LogP contribution in [0.3, 0.4) is 0 Å². The highest BCUT2D eigenvalue weighted by molar-refractivity contribution is 5.04. The molecule has 0 aromatic carbocycles. The number of imidazole rings is 1. The van der Waals surface area contributed by atoms with Gasteiger partial charge in [-0.25, -0.2) is 4.98 Å². The minimum atomic E-state index is -0.270. The molecule has 2 heterocycles. The van der Waals surface area contributed by atoms with Crippen molar-refractivity contribution in [2.75, 3.05) is 0 Å². The van der Waals surface area contributed by atoms with E-state index in [0.717, 1.165) is 24.4 Å². The molecular formula is C12H17N5O. The van der Waals surface area contributed by atoms with Crippen molar-refractivity contribution in [3.63, 3.8) is 0 Å². The summed E-state index contributed by atoms with van der Waals surface area (Å²) in [6.45, 7) is 0. The first kappa shape index (κ1) is 11.4. The summed E-state index contributed by atoms with van der Waals surface area (Å²) >= 11 is 0. The molecule has 1 atom stereocenters. The summed E-state index contributed by atoms with van der Waals surface area (Å²) < 4.78 is 5.27. The normalized spacial score (nSPS) is 18.3. The lowest BCUT2D eigenvalue weighted by atomic mass is 10.1. The summed E-state index contributed by atoms with van der Waals surface area (Å²) in [6, 6.07) is -0.270. The van der Waals surface area contributed by atoms with Gasteiger partial charge in [0.15, 0.2) is 5.82 Å². The van der Waals surface area contributed by atoms with Crippen molar-refractivity contribution >= 4 is 0 Å². The van der Waals surface area contributed by atoms with Crippen LogP contribution >= 0.6 is 0 Å². The third kappa shape index (κ3) is 2.28. The minimum Gasteiger partial charge on any atom is -0.348 e. The Hall–Kier alpha value is -1.69. The maximum atomic E-state index is 6.05. The van der Waals surface area contributed by atoms with Crippen LogP contribution in [-0.2, 0) is 6.42 Å². The second-order valence-electron chi connectivity index (χ2n) is 4.86. The van der Waals surface area contributed by atoms with Crippen LogP contribution in [0.2, 0.25) is 0 Å². The van der Waals surface area contributed by atoms with E-state index >= 15 is 0 Å². The summed E-state index contributed by atoms with van der Waals surface area (Å²) in [5, 5.41) is 4.06. The number of hydrogen-bond acceptors (Lipinski definition) is 5. The summed E-state index contributed by atoms with van der Waals surface area (Å²) in [5.74, 6) is 1.80. The van der Waals surface area contributed by atoms with Gasteiger partial charge >= 0.3 is 0 Å². The molecule has 0 amide bonds. The van der Waals surface area contributed by atoms with Crippen molar-refractivity contribution in [3.05, 3.63) is 29.9 Å². The smallest absolute Gasteiger partial charge is 0.243 e. The van der Waals surface area contributed by atoms with Gasteiger partial charge in [0.1, 0.15) is 0 Å². The van der Waals surface area contributed by atoms with Crippen molar-refractivity contribution in [1.29, 1.82) is 0 Å². The molecule has 1 unspecified atom stereocenters. The topological polar surface area (TPSA) is 93.6 Å². The van der Waals surface area contributed by atoms with Gasteiger partial charge in [-0.2, -0.15) is 4.98 Å². The fourth-order valence-electron chi connectivity index (χ4n) is 2.47. The fraction of sp³-hybridized carbons (Fsp3) is 0.583. The zero-order valence-corrected chi connectivity index (χ0v) is 10.2. The van der Waals surface area contributed by atoms with Crippen molar-refractivity contribution in [3.8, 4) is 0 Å². The van der Waals surface area contributed by atoms with E-state index in [1.807, 2.05) is 0 Å². The molecule has 2 aromatic rings. The highest BCUT2D eigenvalue weighted by Gasteiger charge is 2.24. The molecule has 2 aromatic heterocycles. The van der Waals surface area contributed by atoms with E-state index in [2.05, 4.69) is 20.1 Å². The molecule has 6 nitrogen and oxygen atoms in total. The molecule has 0 bridgehead atoms. The predicted octanol–water partition coefficient (Wildman–Crippen LogP) is 1.69. The summed E-state index contributed by atoms with van der Waals surface area (Å²) in [6.07, 6.45) is 8.87. The maximum absolute atomic E-state index is 6.05. The number of H-pyrrole nitrogens is 1. The van der Waals surface area contributed by atoms with Crippen LogP contribution < -0.4 is 5.73 Å². The molecule has 18 heavy (non-hydrogen) atoms. The van der Waals surface area contributed by atoms with E-state index in [4.69, 9.17) is 10.3 Å². The van der Waals surface area contributed by atoms with Crippen LogP contribution in [0, 0.1) is 0 Å². The fourth-order valence-corrected chi connectivity index (χ4v) is 2.47. The van der Waals surface area contributed by atoms with Gasteiger partial charge in [-0.05, 0) is 12.8 Å². The van der Waals surface area contributed by atoms with Gasteiger partial charge in [0.2, 0.25) is 5.89 Å². The van der Waals surface area contributed by atoms with Gasteiger partial charge in [-0.15, -0.1) is 0 Å². The predicted molar refractivity (Wildman–Crippen MR) is 64.7 cm³/mol. The van der Waals surface area contributed by atoms with Crippen LogP contribution in [0.15, 0.2) is 17.0 Å². The molecular weight excluding hydrogens is 230 g/mol. The lowest BCUT2D eigenvalue weighted by Crippen LogP contribution is -2.14. The van der Waals surface area contributed by atoms with Crippen molar-refractivity contribution in [2.24, 2.45) is 5.73 Å². The van der Waals surface area contributed by atoms with E-state index in [-0.39, 0.29) is 6.04 Å². The van der Waals surface area contributed by atoms with Crippen LogP contribution in [0.1, 0.15) is 55.1 Å². The zero-order chi connectivity index (χ0) is 12.4. The highest BCUT2D eigenvalue weighted by Crippen LogP contribution is 2.32. The Labute approximate surface area is 105 Å². The lowest BCUT2D eigenvalue weighted by Gasteiger charge is -2.04. The highest BCUT2D eigenvalue weighted by atomic mass is 16.5. The minimum absolute atomic E-state index is 0.270. The van der Waals surface area contributed by atoms with Crippen LogP contribution in [-0.4, -0.2) is 20.1 Å². The summed E-state index contributed by atoms with van der Waals surface area (Å²) in [5.41, 5.74) is 7.03. The Balaban J connectivity index is 1.68. The Bertz CT molecular complexity index is 486. The summed E-state index contributed by atoms with van der Waals surface area (Å²) in [7, 11) is 0. The molecule has 96 valence electrons. The van der Waals surface area contributed by atoms with Crippen molar-refractivity contribution in [1.82, 2.24) is 20.1 Å².